The summed E-state index contributed by atoms with van der Waals surface area (Å²) in [7, 11) is -5.78. The van der Waals surface area contributed by atoms with Gasteiger partial charge in [-0.2, -0.15) is 17.2 Å². The van der Waals surface area contributed by atoms with Crippen LogP contribution < -0.4 is 0 Å². The Morgan fingerprint density at radius 3 is 2.53 bits per heavy atom. The molecule has 0 aromatic heterocycles. The van der Waals surface area contributed by atoms with Crippen molar-refractivity contribution in [2.45, 2.75) is 36.5 Å². The van der Waals surface area contributed by atoms with Gasteiger partial charge >= 0.3 is 21.3 Å². The Labute approximate surface area is 108 Å². The first-order chi connectivity index (χ1) is 8.62. The second kappa shape index (κ2) is 2.81. The molecule has 5 unspecified atom stereocenters. The molecule has 5 nitrogen and oxygen atoms in total. The molecule has 4 aliphatic carbocycles. The maximum absolute atomic E-state index is 13.2. The van der Waals surface area contributed by atoms with Gasteiger partial charge in [0.15, 0.2) is 0 Å². The van der Waals surface area contributed by atoms with Gasteiger partial charge in [-0.3, -0.25) is 4.55 Å². The molecule has 0 aromatic carbocycles. The molecule has 106 valence electrons. The predicted octanol–water partition coefficient (Wildman–Crippen LogP) is 1.20. The van der Waals surface area contributed by atoms with E-state index in [9.17, 15) is 22.0 Å². The van der Waals surface area contributed by atoms with E-state index in [-0.39, 0.29) is 11.3 Å². The molecule has 0 saturated heterocycles. The highest BCUT2D eigenvalue weighted by Gasteiger charge is 2.85. The minimum absolute atomic E-state index is 0.131. The first kappa shape index (κ1) is 12.0. The highest BCUT2D eigenvalue weighted by Crippen LogP contribution is 2.87. The summed E-state index contributed by atoms with van der Waals surface area (Å²) in [6.07, 6.45) is 3.25. The van der Waals surface area contributed by atoms with Crippen molar-refractivity contribution in [3.63, 3.8) is 0 Å². The largest absolute Gasteiger partial charge is 0.465 e. The lowest BCUT2D eigenvalue weighted by molar-refractivity contribution is -0.239. The van der Waals surface area contributed by atoms with E-state index in [1.54, 1.807) is 0 Å². The van der Waals surface area contributed by atoms with Gasteiger partial charge in [0.05, 0.1) is 0 Å². The zero-order chi connectivity index (χ0) is 13.8. The fraction of sp³-hybridized carbons (Fsp3) is 0.909. The lowest BCUT2D eigenvalue weighted by atomic mass is 9.46. The smallest absolute Gasteiger partial charge is 0.453 e. The molecule has 0 bridgehead atoms. The number of halogens is 2. The molecule has 0 amide bonds. The number of hydrogen-bond donors (Lipinski definition) is 1. The average molecular weight is 294 g/mol. The number of carbonyl (C=O) groups excluding carboxylic acids is 1. The summed E-state index contributed by atoms with van der Waals surface area (Å²) in [5.41, 5.74) is -0.701. The first-order valence-electron chi connectivity index (χ1n) is 6.21. The van der Waals surface area contributed by atoms with Crippen molar-refractivity contribution in [3.8, 4) is 0 Å². The topological polar surface area (TPSA) is 80.7 Å². The van der Waals surface area contributed by atoms with E-state index in [1.807, 2.05) is 0 Å². The molecular formula is C11H12F2O5S. The monoisotopic (exact) mass is 294 g/mol. The van der Waals surface area contributed by atoms with Crippen LogP contribution in [0.2, 0.25) is 0 Å². The summed E-state index contributed by atoms with van der Waals surface area (Å²) in [6, 6.07) is 0. The molecule has 5 atom stereocenters. The van der Waals surface area contributed by atoms with Crippen LogP contribution in [0, 0.1) is 23.2 Å². The van der Waals surface area contributed by atoms with Crippen LogP contribution in [-0.4, -0.2) is 29.8 Å². The zero-order valence-corrected chi connectivity index (χ0v) is 10.6. The molecule has 0 aliphatic heterocycles. The van der Waals surface area contributed by atoms with Crippen LogP contribution >= 0.6 is 0 Å². The van der Waals surface area contributed by atoms with Gasteiger partial charge in [0, 0.05) is 5.92 Å². The number of alkyl halides is 2. The number of rotatable bonds is 3. The number of hydrogen-bond acceptors (Lipinski definition) is 4. The Kier molecular flexibility index (Phi) is 1.78. The van der Waals surface area contributed by atoms with Crippen LogP contribution in [0.1, 0.15) is 25.7 Å². The van der Waals surface area contributed by atoms with Gasteiger partial charge in [-0.25, -0.2) is 4.79 Å². The first-order valence-corrected chi connectivity index (χ1v) is 7.65. The van der Waals surface area contributed by atoms with Crippen molar-refractivity contribution in [1.82, 2.24) is 0 Å². The van der Waals surface area contributed by atoms with E-state index in [4.69, 9.17) is 9.29 Å². The number of carbonyl (C=O) groups is 1. The van der Waals surface area contributed by atoms with Crippen molar-refractivity contribution >= 4 is 16.1 Å². The van der Waals surface area contributed by atoms with E-state index in [0.29, 0.717) is 24.7 Å². The molecule has 8 heteroatoms. The highest BCUT2D eigenvalue weighted by atomic mass is 32.2. The Morgan fingerprint density at radius 1 is 1.26 bits per heavy atom. The molecule has 0 aromatic rings. The predicted molar refractivity (Wildman–Crippen MR) is 56.7 cm³/mol. The molecule has 1 spiro atoms. The summed E-state index contributed by atoms with van der Waals surface area (Å²) in [5, 5.41) is -4.88. The lowest BCUT2D eigenvalue weighted by Crippen LogP contribution is -2.64. The quantitative estimate of drug-likeness (QED) is 0.625. The van der Waals surface area contributed by atoms with Crippen LogP contribution in [0.15, 0.2) is 0 Å². The van der Waals surface area contributed by atoms with Crippen LogP contribution in [0.4, 0.5) is 8.78 Å². The van der Waals surface area contributed by atoms with Gasteiger partial charge in [-0.1, -0.05) is 0 Å². The van der Waals surface area contributed by atoms with Crippen molar-refractivity contribution < 1.29 is 31.3 Å². The van der Waals surface area contributed by atoms with Crippen molar-refractivity contribution in [3.05, 3.63) is 0 Å². The van der Waals surface area contributed by atoms with Crippen LogP contribution in [0.25, 0.3) is 0 Å². The number of esters is 1. The summed E-state index contributed by atoms with van der Waals surface area (Å²) in [5.74, 6) is -1.15. The van der Waals surface area contributed by atoms with E-state index in [2.05, 4.69) is 0 Å². The average Bonchev–Trinajstić information content (AvgIpc) is 2.85. The standard InChI is InChI=1S/C11H12F2O5S/c12-11(13,19(15,16)17)8(14)18-10-2-5-1-9(7(5)10)3-6(9)4-10/h5-7H,1-4H2,(H,15,16,17). The molecule has 4 aliphatic rings. The van der Waals surface area contributed by atoms with Gasteiger partial charge in [0.2, 0.25) is 0 Å². The molecule has 19 heavy (non-hydrogen) atoms. The summed E-state index contributed by atoms with van der Waals surface area (Å²) >= 11 is 0. The van der Waals surface area contributed by atoms with E-state index in [0.717, 1.165) is 12.8 Å². The third-order valence-electron chi connectivity index (χ3n) is 5.64. The van der Waals surface area contributed by atoms with E-state index in [1.165, 1.54) is 0 Å². The van der Waals surface area contributed by atoms with Crippen LogP contribution in [0.5, 0.6) is 0 Å². The Bertz CT molecular complexity index is 602. The van der Waals surface area contributed by atoms with E-state index >= 15 is 0 Å². The van der Waals surface area contributed by atoms with Crippen molar-refractivity contribution in [1.29, 1.82) is 0 Å². The maximum atomic E-state index is 13.2. The van der Waals surface area contributed by atoms with Gasteiger partial charge in [-0.15, -0.1) is 0 Å². The second-order valence-corrected chi connectivity index (χ2v) is 7.89. The lowest BCUT2D eigenvalue weighted by Gasteiger charge is -2.62. The minimum atomic E-state index is -5.78. The summed E-state index contributed by atoms with van der Waals surface area (Å²) in [4.78, 5) is 11.4. The molecule has 4 fully saturated rings. The van der Waals surface area contributed by atoms with Gasteiger partial charge < -0.3 is 4.74 Å². The molecule has 0 radical (unpaired) electrons. The van der Waals surface area contributed by atoms with Gasteiger partial charge in [0.25, 0.3) is 0 Å². The Hall–Kier alpha value is -0.760. The molecular weight excluding hydrogens is 282 g/mol. The maximum Gasteiger partial charge on any atom is 0.465 e. The highest BCUT2D eigenvalue weighted by molar-refractivity contribution is 7.87. The summed E-state index contributed by atoms with van der Waals surface area (Å²) in [6.45, 7) is 0. The molecule has 4 saturated carbocycles. The van der Waals surface area contributed by atoms with Gasteiger partial charge in [0.1, 0.15) is 5.60 Å². The molecule has 4 rings (SSSR count). The normalized spacial score (nSPS) is 49.5. The second-order valence-electron chi connectivity index (χ2n) is 6.43. The Balaban J connectivity index is 1.56. The number of ether oxygens (including phenoxy) is 1. The molecule has 0 heterocycles. The van der Waals surface area contributed by atoms with Crippen LogP contribution in [-0.2, 0) is 19.6 Å². The third kappa shape index (κ3) is 1.14. The van der Waals surface area contributed by atoms with Gasteiger partial charge in [-0.05, 0) is 42.9 Å². The fourth-order valence-electron chi connectivity index (χ4n) is 5.03. The minimum Gasteiger partial charge on any atom is -0.453 e. The van der Waals surface area contributed by atoms with Crippen molar-refractivity contribution in [2.24, 2.45) is 23.2 Å². The zero-order valence-electron chi connectivity index (χ0n) is 9.80. The summed E-state index contributed by atoms with van der Waals surface area (Å²) < 4.78 is 60.7. The third-order valence-corrected chi connectivity index (χ3v) is 6.45. The van der Waals surface area contributed by atoms with Crippen LogP contribution in [0.3, 0.4) is 0 Å². The van der Waals surface area contributed by atoms with E-state index < -0.39 is 26.9 Å². The molecule has 1 N–H and O–H groups in total. The van der Waals surface area contributed by atoms with Crippen molar-refractivity contribution in [2.75, 3.05) is 0 Å². The fourth-order valence-corrected chi connectivity index (χ4v) is 5.28. The Morgan fingerprint density at radius 2 is 1.95 bits per heavy atom. The SMILES string of the molecule is O=C(OC12CC3CC4(CC4C1)C32)C(F)(F)S(=O)(=O)O.